The molecule has 5 nitrogen and oxygen atoms in total. The van der Waals surface area contributed by atoms with Crippen molar-refractivity contribution >= 4 is 17.6 Å². The minimum absolute atomic E-state index is 0.270. The van der Waals surface area contributed by atoms with Gasteiger partial charge in [-0.1, -0.05) is 11.6 Å². The molecule has 2 N–H and O–H groups in total. The van der Waals surface area contributed by atoms with Crippen molar-refractivity contribution in [1.82, 2.24) is 9.78 Å². The van der Waals surface area contributed by atoms with E-state index in [1.54, 1.807) is 11.6 Å². The number of aromatic nitrogens is 2. The molecular formula is C9H14ClN3O2. The summed E-state index contributed by atoms with van der Waals surface area (Å²) in [6.45, 7) is 3.90. The summed E-state index contributed by atoms with van der Waals surface area (Å²) in [4.78, 5) is 11.1. The molecule has 0 fully saturated rings. The molecule has 1 atom stereocenters. The number of methoxy groups -OCH3 is 1. The zero-order valence-electron chi connectivity index (χ0n) is 8.95. The Morgan fingerprint density at radius 3 is 2.67 bits per heavy atom. The minimum Gasteiger partial charge on any atom is -0.468 e. The highest BCUT2D eigenvalue weighted by Crippen LogP contribution is 2.18. The van der Waals surface area contributed by atoms with Crippen LogP contribution in [0, 0.1) is 13.8 Å². The van der Waals surface area contributed by atoms with Gasteiger partial charge >= 0.3 is 5.97 Å². The minimum atomic E-state index is -0.718. The van der Waals surface area contributed by atoms with E-state index in [1.165, 1.54) is 7.11 Å². The molecule has 0 spiro atoms. The molecule has 0 saturated heterocycles. The van der Waals surface area contributed by atoms with Crippen molar-refractivity contribution in [2.75, 3.05) is 7.11 Å². The van der Waals surface area contributed by atoms with Gasteiger partial charge in [-0.3, -0.25) is 9.48 Å². The number of hydrogen-bond acceptors (Lipinski definition) is 4. The number of ether oxygens (including phenoxy) is 1. The summed E-state index contributed by atoms with van der Waals surface area (Å²) < 4.78 is 6.13. The molecule has 0 aromatic carbocycles. The van der Waals surface area contributed by atoms with E-state index in [0.29, 0.717) is 5.02 Å². The van der Waals surface area contributed by atoms with Crippen LogP contribution < -0.4 is 5.73 Å². The van der Waals surface area contributed by atoms with E-state index in [2.05, 4.69) is 9.84 Å². The molecule has 1 aromatic rings. The molecule has 0 amide bonds. The third-order valence-corrected chi connectivity index (χ3v) is 2.71. The van der Waals surface area contributed by atoms with E-state index in [4.69, 9.17) is 17.3 Å². The Hall–Kier alpha value is -1.07. The Labute approximate surface area is 93.1 Å². The van der Waals surface area contributed by atoms with Crippen molar-refractivity contribution in [3.8, 4) is 0 Å². The van der Waals surface area contributed by atoms with Gasteiger partial charge in [0.25, 0.3) is 0 Å². The summed E-state index contributed by atoms with van der Waals surface area (Å²) in [5.41, 5.74) is 7.14. The number of nitrogens with two attached hydrogens (primary N) is 1. The van der Waals surface area contributed by atoms with E-state index in [0.717, 1.165) is 11.4 Å². The quantitative estimate of drug-likeness (QED) is 0.776. The largest absolute Gasteiger partial charge is 0.468 e. The highest BCUT2D eigenvalue weighted by molar-refractivity contribution is 6.31. The predicted molar refractivity (Wildman–Crippen MR) is 56.7 cm³/mol. The van der Waals surface area contributed by atoms with Crippen molar-refractivity contribution in [2.24, 2.45) is 5.73 Å². The molecule has 0 bridgehead atoms. The molecule has 1 aromatic heterocycles. The van der Waals surface area contributed by atoms with Crippen molar-refractivity contribution in [1.29, 1.82) is 0 Å². The zero-order valence-corrected chi connectivity index (χ0v) is 9.71. The highest BCUT2D eigenvalue weighted by atomic mass is 35.5. The van der Waals surface area contributed by atoms with E-state index in [1.807, 2.05) is 6.92 Å². The molecule has 6 heteroatoms. The van der Waals surface area contributed by atoms with Gasteiger partial charge in [0, 0.05) is 0 Å². The van der Waals surface area contributed by atoms with Crippen LogP contribution in [0.25, 0.3) is 0 Å². The molecule has 1 unspecified atom stereocenters. The van der Waals surface area contributed by atoms with Gasteiger partial charge in [0.15, 0.2) is 0 Å². The molecule has 0 saturated carbocycles. The monoisotopic (exact) mass is 231 g/mol. The summed E-state index contributed by atoms with van der Waals surface area (Å²) in [6, 6.07) is -0.718. The van der Waals surface area contributed by atoms with Crippen molar-refractivity contribution in [2.45, 2.75) is 26.4 Å². The maximum absolute atomic E-state index is 11.1. The lowest BCUT2D eigenvalue weighted by molar-refractivity contribution is -0.142. The number of hydrogen-bond donors (Lipinski definition) is 1. The lowest BCUT2D eigenvalue weighted by Gasteiger charge is -2.10. The Morgan fingerprint density at radius 2 is 2.27 bits per heavy atom. The van der Waals surface area contributed by atoms with Gasteiger partial charge in [0.2, 0.25) is 0 Å². The smallest absolute Gasteiger partial charge is 0.324 e. The number of aryl methyl sites for hydroxylation is 1. The van der Waals surface area contributed by atoms with Crippen molar-refractivity contribution < 1.29 is 9.53 Å². The third-order valence-electron chi connectivity index (χ3n) is 2.17. The lowest BCUT2D eigenvalue weighted by atomic mass is 10.3. The number of rotatable bonds is 3. The Kier molecular flexibility index (Phi) is 3.71. The van der Waals surface area contributed by atoms with E-state index in [9.17, 15) is 4.79 Å². The summed E-state index contributed by atoms with van der Waals surface area (Å²) in [7, 11) is 1.30. The first-order valence-electron chi connectivity index (χ1n) is 4.50. The van der Waals surface area contributed by atoms with Gasteiger partial charge in [-0.15, -0.1) is 0 Å². The first-order chi connectivity index (χ1) is 6.97. The second kappa shape index (κ2) is 4.63. The lowest BCUT2D eigenvalue weighted by Crippen LogP contribution is -2.36. The van der Waals surface area contributed by atoms with Gasteiger partial charge < -0.3 is 10.5 Å². The third kappa shape index (κ3) is 2.49. The van der Waals surface area contributed by atoms with Crippen LogP contribution in [-0.4, -0.2) is 28.9 Å². The number of carbonyl (C=O) groups is 1. The Balaban J connectivity index is 2.81. The fourth-order valence-electron chi connectivity index (χ4n) is 1.27. The average molecular weight is 232 g/mol. The van der Waals surface area contributed by atoms with Crippen molar-refractivity contribution in [3.05, 3.63) is 16.4 Å². The molecule has 1 heterocycles. The zero-order chi connectivity index (χ0) is 11.6. The standard InChI is InChI=1S/C9H14ClN3O2/c1-5-8(10)6(2)13(12-5)4-7(11)9(14)15-3/h7H,4,11H2,1-3H3. The molecule has 15 heavy (non-hydrogen) atoms. The fraction of sp³-hybridized carbons (Fsp3) is 0.556. The summed E-state index contributed by atoms with van der Waals surface area (Å²) in [5.74, 6) is -0.460. The van der Waals surface area contributed by atoms with Crippen LogP contribution in [0.5, 0.6) is 0 Å². The van der Waals surface area contributed by atoms with Gasteiger partial charge in [0.05, 0.1) is 30.1 Å². The second-order valence-electron chi connectivity index (χ2n) is 3.30. The molecule has 0 radical (unpaired) electrons. The second-order valence-corrected chi connectivity index (χ2v) is 3.67. The van der Waals surface area contributed by atoms with E-state index >= 15 is 0 Å². The molecule has 84 valence electrons. The first kappa shape index (κ1) is 12.0. The summed E-state index contributed by atoms with van der Waals surface area (Å²) >= 11 is 5.95. The molecule has 0 aliphatic heterocycles. The highest BCUT2D eigenvalue weighted by Gasteiger charge is 2.17. The summed E-state index contributed by atoms with van der Waals surface area (Å²) in [5, 5.41) is 4.77. The number of nitrogens with zero attached hydrogens (tertiary/aromatic N) is 2. The Morgan fingerprint density at radius 1 is 1.67 bits per heavy atom. The fourth-order valence-corrected chi connectivity index (χ4v) is 1.40. The van der Waals surface area contributed by atoms with Crippen LogP contribution in [0.15, 0.2) is 0 Å². The van der Waals surface area contributed by atoms with Gasteiger partial charge in [-0.05, 0) is 13.8 Å². The van der Waals surface area contributed by atoms with Crippen LogP contribution in [-0.2, 0) is 16.1 Å². The number of carbonyl (C=O) groups excluding carboxylic acids is 1. The van der Waals surface area contributed by atoms with Crippen LogP contribution in [0.3, 0.4) is 0 Å². The normalized spacial score (nSPS) is 12.6. The van der Waals surface area contributed by atoms with E-state index < -0.39 is 12.0 Å². The molecular weight excluding hydrogens is 218 g/mol. The average Bonchev–Trinajstić information content (AvgIpc) is 2.45. The molecule has 0 aliphatic carbocycles. The topological polar surface area (TPSA) is 70.1 Å². The predicted octanol–water partition coefficient (Wildman–Crippen LogP) is 0.654. The maximum Gasteiger partial charge on any atom is 0.324 e. The number of halogens is 1. The van der Waals surface area contributed by atoms with Gasteiger partial charge in [-0.25, -0.2) is 0 Å². The maximum atomic E-state index is 11.1. The SMILES string of the molecule is COC(=O)C(N)Cn1nc(C)c(Cl)c1C. The Bertz CT molecular complexity index is 376. The van der Waals surface area contributed by atoms with Gasteiger partial charge in [0.1, 0.15) is 6.04 Å². The van der Waals surface area contributed by atoms with Crippen molar-refractivity contribution in [3.63, 3.8) is 0 Å². The van der Waals surface area contributed by atoms with E-state index in [-0.39, 0.29) is 6.54 Å². The molecule has 1 rings (SSSR count). The van der Waals surface area contributed by atoms with Crippen LogP contribution in [0.1, 0.15) is 11.4 Å². The molecule has 0 aliphatic rings. The van der Waals surface area contributed by atoms with Crippen LogP contribution in [0.4, 0.5) is 0 Å². The van der Waals surface area contributed by atoms with Crippen LogP contribution in [0.2, 0.25) is 5.02 Å². The van der Waals surface area contributed by atoms with Gasteiger partial charge in [-0.2, -0.15) is 5.10 Å². The summed E-state index contributed by atoms with van der Waals surface area (Å²) in [6.07, 6.45) is 0. The first-order valence-corrected chi connectivity index (χ1v) is 4.88. The number of esters is 1. The van der Waals surface area contributed by atoms with Crippen LogP contribution >= 0.6 is 11.6 Å².